The minimum absolute atomic E-state index is 0.368. The number of hydrogen-bond donors (Lipinski definition) is 1. The second-order valence-electron chi connectivity index (χ2n) is 10.8. The number of aromatic carboxylic acids is 1. The highest BCUT2D eigenvalue weighted by Gasteiger charge is 2.31. The van der Waals surface area contributed by atoms with E-state index in [0.29, 0.717) is 17.5 Å². The minimum Gasteiger partial charge on any atom is -0.478 e. The van der Waals surface area contributed by atoms with Gasteiger partial charge in [-0.2, -0.15) is 0 Å². The first-order chi connectivity index (χ1) is 17.6. The van der Waals surface area contributed by atoms with Crippen molar-refractivity contribution in [1.82, 2.24) is 9.47 Å². The van der Waals surface area contributed by atoms with Crippen molar-refractivity contribution in [3.63, 3.8) is 0 Å². The number of rotatable bonds is 6. The summed E-state index contributed by atoms with van der Waals surface area (Å²) in [6, 6.07) is 15.1. The lowest BCUT2D eigenvalue weighted by Gasteiger charge is -2.30. The first-order valence-corrected chi connectivity index (χ1v) is 13.6. The maximum atomic E-state index is 11.9. The van der Waals surface area contributed by atoms with Crippen molar-refractivity contribution >= 4 is 22.6 Å². The SMILES string of the molecule is CN(CCN1CCn2c(c(C3CCCCC3)c3ccc(C(=O)O)cc32)-c2ccccc21)C1CCOC1. The Kier molecular flexibility index (Phi) is 6.48. The number of anilines is 1. The first kappa shape index (κ1) is 23.6. The standard InChI is InChI=1S/C30H37N3O3/c1-31(23-13-18-36-20-23)14-15-32-16-17-33-27-19-22(30(34)35)11-12-24(27)28(21-7-3-2-4-8-21)29(33)25-9-5-6-10-26(25)32/h5-6,9-12,19,21,23H,2-4,7-8,13-18,20H2,1H3,(H,34,35). The Bertz CT molecular complexity index is 1250. The lowest BCUT2D eigenvalue weighted by Crippen LogP contribution is -2.39. The van der Waals surface area contributed by atoms with Gasteiger partial charge in [-0.05, 0) is 56.0 Å². The third kappa shape index (κ3) is 4.20. The maximum absolute atomic E-state index is 11.9. The molecular formula is C30H37N3O3. The van der Waals surface area contributed by atoms with E-state index in [0.717, 1.165) is 51.3 Å². The molecular weight excluding hydrogens is 450 g/mol. The van der Waals surface area contributed by atoms with Crippen LogP contribution in [-0.2, 0) is 11.3 Å². The molecule has 6 nitrogen and oxygen atoms in total. The van der Waals surface area contributed by atoms with Crippen LogP contribution in [0.4, 0.5) is 5.69 Å². The van der Waals surface area contributed by atoms with Crippen molar-refractivity contribution in [3.8, 4) is 11.3 Å². The van der Waals surface area contributed by atoms with E-state index in [1.54, 1.807) is 6.07 Å². The Morgan fingerprint density at radius 3 is 2.69 bits per heavy atom. The Morgan fingerprint density at radius 2 is 1.92 bits per heavy atom. The molecule has 3 aliphatic rings. The van der Waals surface area contributed by atoms with Crippen LogP contribution in [-0.4, -0.2) is 66.5 Å². The van der Waals surface area contributed by atoms with Gasteiger partial charge in [-0.15, -0.1) is 0 Å². The molecule has 6 heteroatoms. The van der Waals surface area contributed by atoms with E-state index in [9.17, 15) is 9.90 Å². The fraction of sp³-hybridized carbons (Fsp3) is 0.500. The summed E-state index contributed by atoms with van der Waals surface area (Å²) in [6.45, 7) is 5.42. The van der Waals surface area contributed by atoms with Crippen LogP contribution < -0.4 is 4.90 Å². The minimum atomic E-state index is -0.860. The second-order valence-corrected chi connectivity index (χ2v) is 10.8. The van der Waals surface area contributed by atoms with Crippen molar-refractivity contribution in [1.29, 1.82) is 0 Å². The van der Waals surface area contributed by atoms with Crippen molar-refractivity contribution in [3.05, 3.63) is 53.6 Å². The van der Waals surface area contributed by atoms with E-state index in [1.165, 1.54) is 60.0 Å². The van der Waals surface area contributed by atoms with Crippen molar-refractivity contribution < 1.29 is 14.6 Å². The van der Waals surface area contributed by atoms with Crippen molar-refractivity contribution in [2.75, 3.05) is 44.8 Å². The predicted molar refractivity (Wildman–Crippen MR) is 144 cm³/mol. The second kappa shape index (κ2) is 9.91. The summed E-state index contributed by atoms with van der Waals surface area (Å²) in [7, 11) is 2.22. The van der Waals surface area contributed by atoms with E-state index >= 15 is 0 Å². The lowest BCUT2D eigenvalue weighted by atomic mass is 9.81. The topological polar surface area (TPSA) is 57.9 Å². The highest BCUT2D eigenvalue weighted by atomic mass is 16.5. The van der Waals surface area contributed by atoms with Crippen LogP contribution in [0.25, 0.3) is 22.2 Å². The molecule has 1 aliphatic carbocycles. The smallest absolute Gasteiger partial charge is 0.335 e. The first-order valence-electron chi connectivity index (χ1n) is 13.6. The van der Waals surface area contributed by atoms with Crippen LogP contribution in [0.1, 0.15) is 60.4 Å². The highest BCUT2D eigenvalue weighted by Crippen LogP contribution is 2.47. The summed E-state index contributed by atoms with van der Waals surface area (Å²) < 4.78 is 8.05. The number of aromatic nitrogens is 1. The highest BCUT2D eigenvalue weighted by molar-refractivity contribution is 5.99. The fourth-order valence-electron chi connectivity index (χ4n) is 6.69. The van der Waals surface area contributed by atoms with Crippen LogP contribution >= 0.6 is 0 Å². The summed E-state index contributed by atoms with van der Waals surface area (Å²) in [6.07, 6.45) is 7.41. The third-order valence-electron chi connectivity index (χ3n) is 8.71. The van der Waals surface area contributed by atoms with Crippen LogP contribution in [0, 0.1) is 0 Å². The van der Waals surface area contributed by atoms with Gasteiger partial charge in [-0.1, -0.05) is 43.5 Å². The zero-order chi connectivity index (χ0) is 24.6. The van der Waals surface area contributed by atoms with E-state index < -0.39 is 5.97 Å². The zero-order valence-corrected chi connectivity index (χ0v) is 21.3. The Hall–Kier alpha value is -2.83. The Balaban J connectivity index is 1.44. The molecule has 2 fully saturated rings. The number of nitrogens with zero attached hydrogens (tertiary/aromatic N) is 3. The van der Waals surface area contributed by atoms with Crippen LogP contribution in [0.5, 0.6) is 0 Å². The number of carbonyl (C=O) groups is 1. The van der Waals surface area contributed by atoms with Gasteiger partial charge in [0, 0.05) is 61.0 Å². The molecule has 0 bridgehead atoms. The molecule has 2 aromatic carbocycles. The lowest BCUT2D eigenvalue weighted by molar-refractivity contribution is 0.0697. The number of para-hydroxylation sites is 1. The molecule has 1 saturated carbocycles. The summed E-state index contributed by atoms with van der Waals surface area (Å²) >= 11 is 0. The van der Waals surface area contributed by atoms with Crippen molar-refractivity contribution in [2.45, 2.75) is 57.0 Å². The quantitative estimate of drug-likeness (QED) is 0.491. The average Bonchev–Trinajstić information content (AvgIpc) is 3.52. The van der Waals surface area contributed by atoms with Gasteiger partial charge in [0.05, 0.1) is 17.9 Å². The molecule has 3 aromatic rings. The van der Waals surface area contributed by atoms with Crippen LogP contribution in [0.15, 0.2) is 42.5 Å². The third-order valence-corrected chi connectivity index (χ3v) is 8.71. The van der Waals surface area contributed by atoms with Gasteiger partial charge in [0.15, 0.2) is 0 Å². The van der Waals surface area contributed by atoms with Gasteiger partial charge in [0.25, 0.3) is 0 Å². The molecule has 190 valence electrons. The Morgan fingerprint density at radius 1 is 1.08 bits per heavy atom. The normalized spacial score (nSPS) is 20.5. The molecule has 0 spiro atoms. The van der Waals surface area contributed by atoms with Gasteiger partial charge in [0.2, 0.25) is 0 Å². The number of fused-ring (bicyclic) bond motifs is 5. The number of likely N-dealkylation sites (N-methyl/N-ethyl adjacent to an activating group) is 1. The summed E-state index contributed by atoms with van der Waals surface area (Å²) in [4.78, 5) is 16.8. The van der Waals surface area contributed by atoms with Crippen LogP contribution in [0.2, 0.25) is 0 Å². The van der Waals surface area contributed by atoms with Gasteiger partial charge in [-0.25, -0.2) is 4.79 Å². The van der Waals surface area contributed by atoms with Gasteiger partial charge < -0.3 is 19.3 Å². The molecule has 36 heavy (non-hydrogen) atoms. The van der Waals surface area contributed by atoms with E-state index in [1.807, 2.05) is 6.07 Å². The molecule has 3 heterocycles. The maximum Gasteiger partial charge on any atom is 0.335 e. The van der Waals surface area contributed by atoms with E-state index in [-0.39, 0.29) is 0 Å². The molecule has 0 amide bonds. The number of carboxylic acids is 1. The van der Waals surface area contributed by atoms with Crippen LogP contribution in [0.3, 0.4) is 0 Å². The molecule has 1 aromatic heterocycles. The summed E-state index contributed by atoms with van der Waals surface area (Å²) in [5, 5.41) is 11.0. The summed E-state index contributed by atoms with van der Waals surface area (Å²) in [5.74, 6) is -0.331. The van der Waals surface area contributed by atoms with E-state index in [2.05, 4.69) is 51.7 Å². The Labute approximate surface area is 213 Å². The van der Waals surface area contributed by atoms with Gasteiger partial charge >= 0.3 is 5.97 Å². The molecule has 2 aliphatic heterocycles. The van der Waals surface area contributed by atoms with Crippen molar-refractivity contribution in [2.24, 2.45) is 0 Å². The fourth-order valence-corrected chi connectivity index (χ4v) is 6.69. The number of carboxylic acid groups (broad SMARTS) is 1. The number of hydrogen-bond acceptors (Lipinski definition) is 4. The predicted octanol–water partition coefficient (Wildman–Crippen LogP) is 5.59. The largest absolute Gasteiger partial charge is 0.478 e. The molecule has 0 radical (unpaired) electrons. The zero-order valence-electron chi connectivity index (χ0n) is 21.3. The monoisotopic (exact) mass is 487 g/mol. The van der Waals surface area contributed by atoms with Gasteiger partial charge in [0.1, 0.15) is 0 Å². The number of ether oxygens (including phenoxy) is 1. The molecule has 1 atom stereocenters. The average molecular weight is 488 g/mol. The molecule has 6 rings (SSSR count). The van der Waals surface area contributed by atoms with Gasteiger partial charge in [-0.3, -0.25) is 4.90 Å². The van der Waals surface area contributed by atoms with E-state index in [4.69, 9.17) is 4.74 Å². The summed E-state index contributed by atoms with van der Waals surface area (Å²) in [5.41, 5.74) is 6.78. The molecule has 1 N–H and O–H groups in total. The molecule has 1 unspecified atom stereocenters. The number of benzene rings is 2. The molecule has 1 saturated heterocycles.